The normalized spacial score (nSPS) is 27.5. The number of aromatic hydroxyl groups is 1. The molecule has 81 heavy (non-hydrogen) atoms. The molecule has 2 aliphatic heterocycles. The number of ketones is 2. The number of aliphatic hydroxyl groups is 6. The summed E-state index contributed by atoms with van der Waals surface area (Å²) in [6, 6.07) is 10.7. The predicted molar refractivity (Wildman–Crippen MR) is 295 cm³/mol. The maximum absolute atomic E-state index is 16.1. The summed E-state index contributed by atoms with van der Waals surface area (Å²) in [6.07, 6.45) is -1.58. The van der Waals surface area contributed by atoms with Crippen LogP contribution in [-0.4, -0.2) is 141 Å². The average molecular weight is 1110 g/mol. The van der Waals surface area contributed by atoms with Gasteiger partial charge in [0.25, 0.3) is 0 Å². The maximum Gasteiger partial charge on any atom is 0.308 e. The second-order valence-electron chi connectivity index (χ2n) is 22.3. The van der Waals surface area contributed by atoms with E-state index in [1.807, 2.05) is 25.2 Å². The number of nitrogens with one attached hydrogen (secondary N) is 2. The molecule has 0 radical (unpaired) electrons. The van der Waals surface area contributed by atoms with E-state index in [0.717, 1.165) is 18.1 Å². The van der Waals surface area contributed by atoms with Crippen molar-refractivity contribution in [1.82, 2.24) is 10.6 Å². The lowest BCUT2D eigenvalue weighted by Crippen LogP contribution is -2.68. The number of ether oxygens (including phenoxy) is 4. The lowest BCUT2D eigenvalue weighted by Gasteiger charge is -2.46. The molecule has 1 saturated carbocycles. The fourth-order valence-electron chi connectivity index (χ4n) is 13.0. The predicted octanol–water partition coefficient (Wildman–Crippen LogP) is 2.34. The van der Waals surface area contributed by atoms with Crippen LogP contribution in [0.25, 0.3) is 12.2 Å². The Balaban J connectivity index is 1.24. The Morgan fingerprint density at radius 3 is 2.54 bits per heavy atom. The van der Waals surface area contributed by atoms with Gasteiger partial charge in [0.2, 0.25) is 12.1 Å². The first kappa shape index (κ1) is 57.4. The smallest absolute Gasteiger partial charge is 0.308 e. The summed E-state index contributed by atoms with van der Waals surface area (Å²) in [6.45, 7) is 2.40. The van der Waals surface area contributed by atoms with Crippen LogP contribution in [0.3, 0.4) is 0 Å². The number of carbonyl (C=O) groups excluding carboxylic acids is 4. The Hall–Kier alpha value is -6.87. The first-order chi connectivity index (χ1) is 38.7. The van der Waals surface area contributed by atoms with Gasteiger partial charge in [-0.25, -0.2) is 0 Å². The Kier molecular flexibility index (Phi) is 16.4. The number of aliphatic hydroxyl groups excluding tert-OH is 3. The van der Waals surface area contributed by atoms with Gasteiger partial charge in [-0.3, -0.25) is 24.2 Å². The Labute approximate surface area is 468 Å². The zero-order chi connectivity index (χ0) is 57.7. The lowest BCUT2D eigenvalue weighted by molar-refractivity contribution is -0.379. The fourth-order valence-corrected chi connectivity index (χ4v) is 13.0. The molecule has 0 aromatic heterocycles. The summed E-state index contributed by atoms with van der Waals surface area (Å²) >= 11 is 0. The quantitative estimate of drug-likeness (QED) is 0.0281. The molecule has 13 N–H and O–H groups in total. The number of carbonyl (C=O) groups is 4. The third-order valence-corrected chi connectivity index (χ3v) is 16.8. The number of hydrogen-bond donors (Lipinski definition) is 11. The number of hydrogen-bond acceptors (Lipinski definition) is 20. The van der Waals surface area contributed by atoms with Crippen LogP contribution in [0.5, 0.6) is 17.2 Å². The first-order valence-electron chi connectivity index (χ1n) is 27.5. The van der Waals surface area contributed by atoms with Crippen LogP contribution in [0.15, 0.2) is 47.5 Å². The van der Waals surface area contributed by atoms with Gasteiger partial charge in [-0.05, 0) is 129 Å². The number of aldehydes is 1. The summed E-state index contributed by atoms with van der Waals surface area (Å²) < 4.78 is 25.1. The standard InChI is InChI=1S/C61H69N5O15/c1-30-56(74)61(76,77)57(78-29-40-18-19-65-59(63)66-40)58(79-30)81-55-43-9-5-8-39(62)15-16-41(70)22-33-7-4-6-32(20-33)10-17-42-46(80-31(2)69)24-37(27-67)47-48(42)54(73)49(43)50(53(47)72)52(71)44(55)23-36-12-11-35-13-14-38-21-34(26-64-3)25-60(38,75)51(35)45(36)28-68/h4,6-7,10-12,17,20,24,28,30,34,38-41,56-58,64,67,70-71,74-77H,9,13-16,18-19,21-23,25-27,29,62H2,1-3H3,(H3,63,65,66). The SMILES string of the molecule is CNCC1CC2CCc3ccc(Cc4c(O)c5c6c(c4OC4OC(C)C(O)C(O)(O)C4OCC4CCN=C(N)N4)CC#CC(N)CCC(O)Cc4cccc(c4)C=Cc4c(OC(C)=O)cc(CO)c(c4C6=O)C5=O)c(C=O)c3C2(O)C1. The second kappa shape index (κ2) is 23.2. The molecule has 2 heterocycles. The van der Waals surface area contributed by atoms with Crippen LogP contribution >= 0.6 is 0 Å². The highest BCUT2D eigenvalue weighted by Gasteiger charge is 2.57. The number of fused-ring (bicyclic) bond motifs is 5. The molecule has 2 fully saturated rings. The van der Waals surface area contributed by atoms with Gasteiger partial charge >= 0.3 is 5.97 Å². The molecule has 1 saturated heterocycles. The molecule has 20 nitrogen and oxygen atoms in total. The van der Waals surface area contributed by atoms with Crippen molar-refractivity contribution in [2.45, 2.75) is 139 Å². The molecule has 20 heteroatoms. The number of esters is 1. The van der Waals surface area contributed by atoms with Crippen LogP contribution in [0.2, 0.25) is 0 Å². The first-order valence-corrected chi connectivity index (χ1v) is 27.5. The highest BCUT2D eigenvalue weighted by molar-refractivity contribution is 6.32. The van der Waals surface area contributed by atoms with Crippen LogP contribution in [0, 0.1) is 23.7 Å². The van der Waals surface area contributed by atoms with Crippen molar-refractivity contribution in [2.75, 3.05) is 26.7 Å². The number of benzene rings is 4. The molecular weight excluding hydrogens is 1040 g/mol. The van der Waals surface area contributed by atoms with Gasteiger partial charge in [-0.2, -0.15) is 0 Å². The van der Waals surface area contributed by atoms with Gasteiger partial charge in [0.15, 0.2) is 29.9 Å². The highest BCUT2D eigenvalue weighted by atomic mass is 16.7. The molecule has 4 aromatic carbocycles. The van der Waals surface area contributed by atoms with E-state index in [9.17, 15) is 45.3 Å². The van der Waals surface area contributed by atoms with E-state index in [0.29, 0.717) is 62.6 Å². The summed E-state index contributed by atoms with van der Waals surface area (Å²) in [5.41, 5.74) is 12.2. The van der Waals surface area contributed by atoms with E-state index in [1.165, 1.54) is 19.1 Å². The van der Waals surface area contributed by atoms with Gasteiger partial charge < -0.3 is 76.8 Å². The minimum absolute atomic E-state index is 0.0397. The summed E-state index contributed by atoms with van der Waals surface area (Å²) in [5.74, 6) is -0.916. The number of nitrogens with zero attached hydrogens (tertiary/aromatic N) is 1. The van der Waals surface area contributed by atoms with E-state index in [2.05, 4.69) is 27.5 Å². The van der Waals surface area contributed by atoms with Crippen molar-refractivity contribution in [3.05, 3.63) is 120 Å². The van der Waals surface area contributed by atoms with Gasteiger partial charge in [0.1, 0.15) is 23.4 Å². The summed E-state index contributed by atoms with van der Waals surface area (Å²) in [4.78, 5) is 62.5. The highest BCUT2D eigenvalue weighted by Crippen LogP contribution is 2.54. The van der Waals surface area contributed by atoms with Crippen molar-refractivity contribution < 1.29 is 73.9 Å². The largest absolute Gasteiger partial charge is 0.507 e. The van der Waals surface area contributed by atoms with Crippen molar-refractivity contribution in [3.8, 4) is 29.1 Å². The third-order valence-electron chi connectivity index (χ3n) is 16.8. The van der Waals surface area contributed by atoms with E-state index in [1.54, 1.807) is 24.3 Å². The number of rotatable bonds is 12. The number of phenolic OH excluding ortho intramolecular Hbond substituents is 1. The number of guanidine groups is 1. The van der Waals surface area contributed by atoms with Crippen LogP contribution < -0.4 is 31.6 Å². The van der Waals surface area contributed by atoms with E-state index < -0.39 is 108 Å². The summed E-state index contributed by atoms with van der Waals surface area (Å²) in [7, 11) is 1.84. The van der Waals surface area contributed by atoms with E-state index in [4.69, 9.17) is 30.4 Å². The Bertz CT molecular complexity index is 3310. The van der Waals surface area contributed by atoms with Crippen molar-refractivity contribution in [2.24, 2.45) is 28.3 Å². The van der Waals surface area contributed by atoms with Crippen LogP contribution in [0.1, 0.15) is 145 Å². The van der Waals surface area contributed by atoms with E-state index in [-0.39, 0.29) is 99.7 Å². The van der Waals surface area contributed by atoms with E-state index >= 15 is 9.59 Å². The van der Waals surface area contributed by atoms with Gasteiger partial charge in [-0.1, -0.05) is 54.3 Å². The molecule has 0 amide bonds. The second-order valence-corrected chi connectivity index (χ2v) is 22.3. The maximum atomic E-state index is 16.1. The van der Waals surface area contributed by atoms with Gasteiger partial charge in [-0.15, -0.1) is 0 Å². The monoisotopic (exact) mass is 1110 g/mol. The zero-order valence-corrected chi connectivity index (χ0v) is 45.4. The molecule has 6 aliphatic rings. The van der Waals surface area contributed by atoms with Gasteiger partial charge in [0, 0.05) is 65.3 Å². The number of phenols is 1. The molecule has 0 spiro atoms. The topological polar surface area (TPSA) is 335 Å². The van der Waals surface area contributed by atoms with Crippen LogP contribution in [-0.2, 0) is 52.2 Å². The lowest BCUT2D eigenvalue weighted by atomic mass is 9.70. The zero-order valence-electron chi connectivity index (χ0n) is 45.4. The Morgan fingerprint density at radius 2 is 1.80 bits per heavy atom. The fraction of sp³-hybridized carbons (Fsp3) is 0.459. The molecular formula is C61H69N5O15. The van der Waals surface area contributed by atoms with Crippen LogP contribution in [0.4, 0.5) is 0 Å². The molecule has 10 rings (SSSR count). The Morgan fingerprint density at radius 1 is 1.01 bits per heavy atom. The third kappa shape index (κ3) is 10.9. The molecule has 4 aromatic rings. The van der Waals surface area contributed by atoms with Gasteiger partial charge in [0.05, 0.1) is 48.7 Å². The average Bonchev–Trinajstić information content (AvgIpc) is 2.35. The molecule has 10 atom stereocenters. The molecule has 4 aliphatic carbocycles. The molecule has 4 bridgehead atoms. The minimum Gasteiger partial charge on any atom is -0.507 e. The number of aryl methyl sites for hydroxylation is 1. The number of nitrogens with two attached hydrogens (primary N) is 2. The molecule has 10 unspecified atom stereocenters. The van der Waals surface area contributed by atoms with Crippen molar-refractivity contribution in [1.29, 1.82) is 0 Å². The minimum atomic E-state index is -3.09. The van der Waals surface area contributed by atoms with Crippen molar-refractivity contribution >= 4 is 41.9 Å². The summed E-state index contributed by atoms with van der Waals surface area (Å²) in [5, 5.41) is 89.3. The van der Waals surface area contributed by atoms with Crippen molar-refractivity contribution in [3.63, 3.8) is 0 Å². The number of aliphatic imine (C=N–C) groups is 1. The molecule has 428 valence electrons.